The maximum absolute atomic E-state index is 11.4. The van der Waals surface area contributed by atoms with Crippen molar-refractivity contribution in [3.05, 3.63) is 34.7 Å². The summed E-state index contributed by atoms with van der Waals surface area (Å²) in [7, 11) is 0. The number of ether oxygens (including phenoxy) is 1. The highest BCUT2D eigenvalue weighted by Crippen LogP contribution is 2.31. The van der Waals surface area contributed by atoms with Crippen LogP contribution in [0.3, 0.4) is 0 Å². The van der Waals surface area contributed by atoms with Crippen LogP contribution in [0.15, 0.2) is 24.3 Å². The molecule has 1 aromatic carbocycles. The zero-order valence-corrected chi connectivity index (χ0v) is 10.8. The van der Waals surface area contributed by atoms with Gasteiger partial charge in [-0.25, -0.2) is 0 Å². The standard InChI is InChI=1S/C13H13NO3S/c1-8(15)17-7-6-10-9-4-2-3-5-11(9)18-12(10)13(14)16/h2-5H,6-7H2,1H3,(H2,14,16). The first-order chi connectivity index (χ1) is 8.59. The van der Waals surface area contributed by atoms with Crippen molar-refractivity contribution < 1.29 is 14.3 Å². The van der Waals surface area contributed by atoms with E-state index < -0.39 is 5.91 Å². The monoisotopic (exact) mass is 263 g/mol. The van der Waals surface area contributed by atoms with E-state index in [9.17, 15) is 9.59 Å². The molecule has 2 aromatic rings. The van der Waals surface area contributed by atoms with E-state index >= 15 is 0 Å². The molecule has 0 spiro atoms. The lowest BCUT2D eigenvalue weighted by molar-refractivity contribution is -0.140. The first-order valence-electron chi connectivity index (χ1n) is 5.53. The van der Waals surface area contributed by atoms with Crippen LogP contribution >= 0.6 is 11.3 Å². The zero-order chi connectivity index (χ0) is 13.1. The van der Waals surface area contributed by atoms with Crippen molar-refractivity contribution in [2.75, 3.05) is 6.61 Å². The Morgan fingerprint density at radius 3 is 2.72 bits per heavy atom. The van der Waals surface area contributed by atoms with Crippen LogP contribution in [0, 0.1) is 0 Å². The minimum Gasteiger partial charge on any atom is -0.466 e. The molecule has 0 saturated carbocycles. The molecule has 18 heavy (non-hydrogen) atoms. The minimum absolute atomic E-state index is 0.260. The highest BCUT2D eigenvalue weighted by molar-refractivity contribution is 7.21. The Hall–Kier alpha value is -1.88. The summed E-state index contributed by atoms with van der Waals surface area (Å²) >= 11 is 1.38. The van der Waals surface area contributed by atoms with Crippen molar-refractivity contribution >= 4 is 33.3 Å². The van der Waals surface area contributed by atoms with Crippen molar-refractivity contribution in [2.45, 2.75) is 13.3 Å². The molecule has 94 valence electrons. The molecule has 4 nitrogen and oxygen atoms in total. The highest BCUT2D eigenvalue weighted by atomic mass is 32.1. The number of carbonyl (C=O) groups is 2. The molecule has 0 atom stereocenters. The van der Waals surface area contributed by atoms with Crippen LogP contribution in [-0.2, 0) is 16.0 Å². The smallest absolute Gasteiger partial charge is 0.302 e. The number of hydrogen-bond donors (Lipinski definition) is 1. The molecule has 1 aromatic heterocycles. The van der Waals surface area contributed by atoms with Gasteiger partial charge in [0.05, 0.1) is 11.5 Å². The lowest BCUT2D eigenvalue weighted by Gasteiger charge is -2.03. The van der Waals surface area contributed by atoms with Gasteiger partial charge in [-0.1, -0.05) is 18.2 Å². The lowest BCUT2D eigenvalue weighted by atomic mass is 10.1. The maximum atomic E-state index is 11.4. The Balaban J connectivity index is 2.36. The topological polar surface area (TPSA) is 69.4 Å². The number of thiophene rings is 1. The molecule has 0 unspecified atom stereocenters. The summed E-state index contributed by atoms with van der Waals surface area (Å²) in [5.41, 5.74) is 6.24. The Bertz CT molecular complexity index is 603. The number of nitrogens with two attached hydrogens (primary N) is 1. The van der Waals surface area contributed by atoms with E-state index in [2.05, 4.69) is 0 Å². The Kier molecular flexibility index (Phi) is 3.62. The fourth-order valence-electron chi connectivity index (χ4n) is 1.84. The summed E-state index contributed by atoms with van der Waals surface area (Å²) in [6, 6.07) is 7.72. The predicted octanol–water partition coefficient (Wildman–Crippen LogP) is 2.11. The van der Waals surface area contributed by atoms with E-state index in [1.165, 1.54) is 18.3 Å². The number of esters is 1. The third kappa shape index (κ3) is 2.51. The van der Waals surface area contributed by atoms with E-state index in [1.807, 2.05) is 24.3 Å². The van der Waals surface area contributed by atoms with Gasteiger partial charge in [0.2, 0.25) is 0 Å². The molecule has 0 aliphatic carbocycles. The number of amides is 1. The number of carbonyl (C=O) groups excluding carboxylic acids is 2. The van der Waals surface area contributed by atoms with Gasteiger partial charge < -0.3 is 10.5 Å². The molecule has 2 N–H and O–H groups in total. The van der Waals surface area contributed by atoms with Crippen molar-refractivity contribution in [3.63, 3.8) is 0 Å². The van der Waals surface area contributed by atoms with Gasteiger partial charge in [0, 0.05) is 18.0 Å². The molecular formula is C13H13NO3S. The molecule has 1 amide bonds. The van der Waals surface area contributed by atoms with Crippen molar-refractivity contribution in [1.29, 1.82) is 0 Å². The molecule has 0 saturated heterocycles. The first kappa shape index (κ1) is 12.6. The molecule has 0 aliphatic heterocycles. The molecule has 0 aliphatic rings. The molecule has 5 heteroatoms. The fourth-order valence-corrected chi connectivity index (χ4v) is 2.95. The quantitative estimate of drug-likeness (QED) is 0.859. The summed E-state index contributed by atoms with van der Waals surface area (Å²) in [5, 5.41) is 1.00. The molecule has 0 bridgehead atoms. The second-order valence-corrected chi connectivity index (χ2v) is 4.91. The van der Waals surface area contributed by atoms with Crippen molar-refractivity contribution in [1.82, 2.24) is 0 Å². The summed E-state index contributed by atoms with van der Waals surface area (Å²) in [6.45, 7) is 1.62. The van der Waals surface area contributed by atoms with Gasteiger partial charge >= 0.3 is 5.97 Å². The average Bonchev–Trinajstić information content (AvgIpc) is 2.68. The minimum atomic E-state index is -0.436. The van der Waals surface area contributed by atoms with Crippen LogP contribution in [0.5, 0.6) is 0 Å². The van der Waals surface area contributed by atoms with Crippen LogP contribution in [0.25, 0.3) is 10.1 Å². The van der Waals surface area contributed by atoms with Gasteiger partial charge in [0.1, 0.15) is 0 Å². The molecule has 0 radical (unpaired) electrons. The molecule has 0 fully saturated rings. The van der Waals surface area contributed by atoms with Crippen LogP contribution in [-0.4, -0.2) is 18.5 Å². The van der Waals surface area contributed by atoms with E-state index in [1.54, 1.807) is 0 Å². The average molecular weight is 263 g/mol. The van der Waals surface area contributed by atoms with Crippen LogP contribution in [0.2, 0.25) is 0 Å². The van der Waals surface area contributed by atoms with Crippen molar-refractivity contribution in [2.24, 2.45) is 5.73 Å². The summed E-state index contributed by atoms with van der Waals surface area (Å²) in [6.07, 6.45) is 0.502. The second-order valence-electron chi connectivity index (χ2n) is 3.86. The largest absolute Gasteiger partial charge is 0.466 e. The number of rotatable bonds is 4. The van der Waals surface area contributed by atoms with E-state index in [4.69, 9.17) is 10.5 Å². The highest BCUT2D eigenvalue weighted by Gasteiger charge is 2.15. The van der Waals surface area contributed by atoms with Gasteiger partial charge in [-0.15, -0.1) is 11.3 Å². The second kappa shape index (κ2) is 5.18. The van der Waals surface area contributed by atoms with Crippen LogP contribution in [0.4, 0.5) is 0 Å². The van der Waals surface area contributed by atoms with Crippen molar-refractivity contribution in [3.8, 4) is 0 Å². The third-order valence-electron chi connectivity index (χ3n) is 2.58. The Morgan fingerprint density at radius 2 is 2.06 bits per heavy atom. The molecule has 1 heterocycles. The number of primary amides is 1. The Labute approximate surface area is 108 Å². The van der Waals surface area contributed by atoms with E-state index in [-0.39, 0.29) is 12.6 Å². The van der Waals surface area contributed by atoms with E-state index in [0.717, 1.165) is 15.6 Å². The normalized spacial score (nSPS) is 10.5. The van der Waals surface area contributed by atoms with Gasteiger partial charge in [-0.05, 0) is 17.0 Å². The zero-order valence-electron chi connectivity index (χ0n) is 9.93. The number of fused-ring (bicyclic) bond motifs is 1. The molecule has 2 rings (SSSR count). The number of benzene rings is 1. The first-order valence-corrected chi connectivity index (χ1v) is 6.35. The summed E-state index contributed by atoms with van der Waals surface area (Å²) in [4.78, 5) is 22.7. The van der Waals surface area contributed by atoms with E-state index in [0.29, 0.717) is 11.3 Å². The van der Waals surface area contributed by atoms with Gasteiger partial charge in [-0.2, -0.15) is 0 Å². The van der Waals surface area contributed by atoms with Crippen LogP contribution < -0.4 is 5.73 Å². The Morgan fingerprint density at radius 1 is 1.33 bits per heavy atom. The lowest BCUT2D eigenvalue weighted by Crippen LogP contribution is -2.12. The SMILES string of the molecule is CC(=O)OCCc1c(C(N)=O)sc2ccccc12. The summed E-state index contributed by atoms with van der Waals surface area (Å²) < 4.78 is 5.93. The maximum Gasteiger partial charge on any atom is 0.302 e. The van der Waals surface area contributed by atoms with Gasteiger partial charge in [0.15, 0.2) is 0 Å². The third-order valence-corrected chi connectivity index (χ3v) is 3.81. The predicted molar refractivity (Wildman–Crippen MR) is 70.7 cm³/mol. The van der Waals surface area contributed by atoms with Gasteiger partial charge in [0.25, 0.3) is 5.91 Å². The number of hydrogen-bond acceptors (Lipinski definition) is 4. The molecular weight excluding hydrogens is 250 g/mol. The summed E-state index contributed by atoms with van der Waals surface area (Å²) in [5.74, 6) is -0.760. The van der Waals surface area contributed by atoms with Gasteiger partial charge in [-0.3, -0.25) is 9.59 Å². The fraction of sp³-hybridized carbons (Fsp3) is 0.231. The van der Waals surface area contributed by atoms with Crippen LogP contribution in [0.1, 0.15) is 22.2 Å².